The minimum Gasteiger partial charge on any atom is -0.490 e. The maximum absolute atomic E-state index is 11.9. The summed E-state index contributed by atoms with van der Waals surface area (Å²) < 4.78 is 15.8. The highest BCUT2D eigenvalue weighted by Crippen LogP contribution is 2.34. The molecular formula is C19H17N3O5. The minimum absolute atomic E-state index is 0.128. The van der Waals surface area contributed by atoms with Gasteiger partial charge < -0.3 is 19.5 Å². The van der Waals surface area contributed by atoms with Crippen LogP contribution in [0.1, 0.15) is 5.56 Å². The van der Waals surface area contributed by atoms with E-state index in [0.717, 1.165) is 5.56 Å². The number of anilines is 1. The van der Waals surface area contributed by atoms with Crippen molar-refractivity contribution in [1.82, 2.24) is 5.43 Å². The molecule has 2 aromatic carbocycles. The number of benzene rings is 2. The first-order valence-electron chi connectivity index (χ1n) is 8.03. The van der Waals surface area contributed by atoms with Crippen molar-refractivity contribution in [3.05, 3.63) is 60.7 Å². The fourth-order valence-corrected chi connectivity index (χ4v) is 2.18. The molecule has 8 nitrogen and oxygen atoms in total. The van der Waals surface area contributed by atoms with Gasteiger partial charge in [0.25, 0.3) is 0 Å². The van der Waals surface area contributed by atoms with Crippen LogP contribution in [-0.4, -0.2) is 31.4 Å². The van der Waals surface area contributed by atoms with Gasteiger partial charge in [0.05, 0.1) is 6.21 Å². The first kappa shape index (κ1) is 18.0. The van der Waals surface area contributed by atoms with E-state index >= 15 is 0 Å². The zero-order chi connectivity index (χ0) is 19.1. The molecule has 2 N–H and O–H groups in total. The van der Waals surface area contributed by atoms with Crippen molar-refractivity contribution in [2.24, 2.45) is 5.10 Å². The van der Waals surface area contributed by atoms with Crippen LogP contribution in [0, 0.1) is 0 Å². The molecule has 0 spiro atoms. The highest BCUT2D eigenvalue weighted by Gasteiger charge is 2.17. The quantitative estimate of drug-likeness (QED) is 0.352. The van der Waals surface area contributed by atoms with E-state index in [0.29, 0.717) is 29.5 Å². The molecule has 3 rings (SSSR count). The number of amides is 2. The van der Waals surface area contributed by atoms with Gasteiger partial charge in [-0.05, 0) is 42.0 Å². The molecule has 0 bridgehead atoms. The van der Waals surface area contributed by atoms with Gasteiger partial charge >= 0.3 is 11.8 Å². The van der Waals surface area contributed by atoms with Crippen molar-refractivity contribution in [2.75, 3.05) is 18.7 Å². The number of hydrazone groups is 1. The molecule has 138 valence electrons. The number of nitrogens with zero attached hydrogens (tertiary/aromatic N) is 1. The standard InChI is InChI=1S/C19H17N3O5/c1-2-9-25-15-6-3-13(4-7-15)11-20-22-19(24)18(23)21-14-5-8-16-17(10-14)27-12-26-16/h2-8,10-11H,1,9,12H2,(H,21,23)(H,22,24)/b20-11-. The van der Waals surface area contributed by atoms with Crippen molar-refractivity contribution < 1.29 is 23.8 Å². The van der Waals surface area contributed by atoms with Crippen molar-refractivity contribution in [3.63, 3.8) is 0 Å². The fourth-order valence-electron chi connectivity index (χ4n) is 2.18. The highest BCUT2D eigenvalue weighted by atomic mass is 16.7. The van der Waals surface area contributed by atoms with E-state index in [-0.39, 0.29) is 6.79 Å². The van der Waals surface area contributed by atoms with Crippen LogP contribution in [-0.2, 0) is 9.59 Å². The molecule has 0 unspecified atom stereocenters. The van der Waals surface area contributed by atoms with Crippen LogP contribution in [0.4, 0.5) is 5.69 Å². The molecule has 0 fully saturated rings. The molecule has 1 aliphatic rings. The number of ether oxygens (including phenoxy) is 3. The number of rotatable bonds is 6. The Balaban J connectivity index is 1.50. The second-order valence-electron chi connectivity index (χ2n) is 5.39. The van der Waals surface area contributed by atoms with Gasteiger partial charge in [0.1, 0.15) is 12.4 Å². The molecule has 0 atom stereocenters. The van der Waals surface area contributed by atoms with E-state index < -0.39 is 11.8 Å². The molecule has 0 radical (unpaired) electrons. The van der Waals surface area contributed by atoms with Gasteiger partial charge in [-0.2, -0.15) is 5.10 Å². The summed E-state index contributed by atoms with van der Waals surface area (Å²) in [6, 6.07) is 11.9. The van der Waals surface area contributed by atoms with E-state index in [4.69, 9.17) is 14.2 Å². The van der Waals surface area contributed by atoms with Crippen molar-refractivity contribution in [2.45, 2.75) is 0 Å². The van der Waals surface area contributed by atoms with Crippen LogP contribution < -0.4 is 25.0 Å². The topological polar surface area (TPSA) is 98.2 Å². The Bertz CT molecular complexity index is 877. The van der Waals surface area contributed by atoms with Gasteiger partial charge in [-0.3, -0.25) is 9.59 Å². The number of fused-ring (bicyclic) bond motifs is 1. The Morgan fingerprint density at radius 2 is 1.89 bits per heavy atom. The summed E-state index contributed by atoms with van der Waals surface area (Å²) in [5, 5.41) is 6.23. The third-order valence-electron chi connectivity index (χ3n) is 3.46. The molecule has 0 saturated carbocycles. The largest absolute Gasteiger partial charge is 0.490 e. The molecule has 8 heteroatoms. The maximum atomic E-state index is 11.9. The Hall–Kier alpha value is -3.81. The van der Waals surface area contributed by atoms with E-state index in [1.165, 1.54) is 6.21 Å². The highest BCUT2D eigenvalue weighted by molar-refractivity contribution is 6.39. The number of hydrogen-bond acceptors (Lipinski definition) is 6. The third kappa shape index (κ3) is 4.85. The zero-order valence-electron chi connectivity index (χ0n) is 14.3. The van der Waals surface area contributed by atoms with Crippen LogP contribution in [0.15, 0.2) is 60.2 Å². The Morgan fingerprint density at radius 3 is 2.67 bits per heavy atom. The number of hydrogen-bond donors (Lipinski definition) is 2. The smallest absolute Gasteiger partial charge is 0.329 e. The predicted octanol–water partition coefficient (Wildman–Crippen LogP) is 2.07. The number of nitrogens with one attached hydrogen (secondary N) is 2. The Kier molecular flexibility index (Phi) is 5.68. The first-order chi connectivity index (χ1) is 13.2. The minimum atomic E-state index is -0.894. The van der Waals surface area contributed by atoms with Gasteiger partial charge in [-0.25, -0.2) is 5.43 Å². The van der Waals surface area contributed by atoms with Crippen molar-refractivity contribution in [3.8, 4) is 17.2 Å². The van der Waals surface area contributed by atoms with Crippen LogP contribution in [0.3, 0.4) is 0 Å². The second-order valence-corrected chi connectivity index (χ2v) is 5.39. The third-order valence-corrected chi connectivity index (χ3v) is 3.46. The van der Waals surface area contributed by atoms with Gasteiger partial charge in [0.2, 0.25) is 6.79 Å². The van der Waals surface area contributed by atoms with E-state index in [2.05, 4.69) is 22.4 Å². The Morgan fingerprint density at radius 1 is 1.11 bits per heavy atom. The molecule has 0 saturated heterocycles. The number of carbonyl (C=O) groups is 2. The molecule has 1 aliphatic heterocycles. The van der Waals surface area contributed by atoms with Crippen molar-refractivity contribution in [1.29, 1.82) is 0 Å². The summed E-state index contributed by atoms with van der Waals surface area (Å²) in [6.07, 6.45) is 3.07. The van der Waals surface area contributed by atoms with Crippen molar-refractivity contribution >= 4 is 23.7 Å². The molecule has 2 aromatic rings. The van der Waals surface area contributed by atoms with E-state index in [1.807, 2.05) is 0 Å². The van der Waals surface area contributed by atoms with Gasteiger partial charge in [0.15, 0.2) is 11.5 Å². The van der Waals surface area contributed by atoms with E-state index in [1.54, 1.807) is 48.5 Å². The summed E-state index contributed by atoms with van der Waals surface area (Å²) >= 11 is 0. The average Bonchev–Trinajstić information content (AvgIpc) is 3.15. The average molecular weight is 367 g/mol. The monoisotopic (exact) mass is 367 g/mol. The number of carbonyl (C=O) groups excluding carboxylic acids is 2. The van der Waals surface area contributed by atoms with Crippen LogP contribution in [0.5, 0.6) is 17.2 Å². The molecule has 2 amide bonds. The summed E-state index contributed by atoms with van der Waals surface area (Å²) in [4.78, 5) is 23.7. The maximum Gasteiger partial charge on any atom is 0.329 e. The lowest BCUT2D eigenvalue weighted by Gasteiger charge is -2.05. The lowest BCUT2D eigenvalue weighted by atomic mass is 10.2. The Labute approximate surface area is 155 Å². The first-order valence-corrected chi connectivity index (χ1v) is 8.03. The molecular weight excluding hydrogens is 350 g/mol. The van der Waals surface area contributed by atoms with Crippen LogP contribution in [0.25, 0.3) is 0 Å². The normalized spacial score (nSPS) is 11.9. The zero-order valence-corrected chi connectivity index (χ0v) is 14.3. The van der Waals surface area contributed by atoms with Gasteiger partial charge in [-0.1, -0.05) is 12.7 Å². The molecule has 0 aliphatic carbocycles. The molecule has 27 heavy (non-hydrogen) atoms. The SMILES string of the molecule is C=CCOc1ccc(/C=N\NC(=O)C(=O)Nc2ccc3c(c2)OCO3)cc1. The molecule has 1 heterocycles. The summed E-state index contributed by atoms with van der Waals surface area (Å²) in [7, 11) is 0. The van der Waals surface area contributed by atoms with E-state index in [9.17, 15) is 9.59 Å². The summed E-state index contributed by atoms with van der Waals surface area (Å²) in [5.74, 6) is 0.0444. The van der Waals surface area contributed by atoms with Gasteiger partial charge in [-0.15, -0.1) is 0 Å². The lowest BCUT2D eigenvalue weighted by Crippen LogP contribution is -2.32. The second kappa shape index (κ2) is 8.52. The summed E-state index contributed by atoms with van der Waals surface area (Å²) in [5.41, 5.74) is 3.32. The van der Waals surface area contributed by atoms with Crippen LogP contribution >= 0.6 is 0 Å². The fraction of sp³-hybridized carbons (Fsp3) is 0.105. The predicted molar refractivity (Wildman–Crippen MR) is 99.1 cm³/mol. The van der Waals surface area contributed by atoms with Gasteiger partial charge in [0, 0.05) is 11.8 Å². The summed E-state index contributed by atoms with van der Waals surface area (Å²) in [6.45, 7) is 4.12. The molecule has 0 aromatic heterocycles. The van der Waals surface area contributed by atoms with Crippen LogP contribution in [0.2, 0.25) is 0 Å². The lowest BCUT2D eigenvalue weighted by molar-refractivity contribution is -0.136.